The Morgan fingerprint density at radius 2 is 1.18 bits per heavy atom. The second kappa shape index (κ2) is 26.0. The van der Waals surface area contributed by atoms with Crippen LogP contribution in [0.1, 0.15) is 149 Å². The summed E-state index contributed by atoms with van der Waals surface area (Å²) in [5.74, 6) is -1.13. The van der Waals surface area contributed by atoms with Crippen molar-refractivity contribution in [3.8, 4) is 0 Å². The molecule has 0 aliphatic carbocycles. The molecule has 198 valence electrons. The van der Waals surface area contributed by atoms with Crippen molar-refractivity contribution in [1.29, 1.82) is 0 Å². The van der Waals surface area contributed by atoms with Gasteiger partial charge in [-0.3, -0.25) is 9.59 Å². The molecule has 0 aromatic heterocycles. The molecule has 0 fully saturated rings. The normalized spacial score (nSPS) is 12.5. The molecule has 0 heterocycles. The van der Waals surface area contributed by atoms with E-state index in [-0.39, 0.29) is 12.4 Å². The van der Waals surface area contributed by atoms with Gasteiger partial charge in [0.2, 0.25) is 0 Å². The molecule has 0 rings (SSSR count). The highest BCUT2D eigenvalue weighted by Crippen LogP contribution is 2.15. The zero-order valence-corrected chi connectivity index (χ0v) is 22.4. The average molecular weight is 479 g/mol. The number of aliphatic carboxylic acids is 1. The van der Waals surface area contributed by atoms with E-state index in [0.29, 0.717) is 12.8 Å². The van der Waals surface area contributed by atoms with E-state index >= 15 is 0 Å². The van der Waals surface area contributed by atoms with Gasteiger partial charge in [0, 0.05) is 6.42 Å². The van der Waals surface area contributed by atoms with E-state index in [4.69, 9.17) is 9.84 Å². The fourth-order valence-corrected chi connectivity index (χ4v) is 4.05. The monoisotopic (exact) mass is 478 g/mol. The smallest absolute Gasteiger partial charge is 0.307 e. The second-order valence-electron chi connectivity index (χ2n) is 9.60. The third-order valence-electron chi connectivity index (χ3n) is 6.16. The van der Waals surface area contributed by atoms with Crippen LogP contribution in [0.5, 0.6) is 0 Å². The third kappa shape index (κ3) is 25.1. The van der Waals surface area contributed by atoms with Crippen molar-refractivity contribution in [3.63, 3.8) is 0 Å². The van der Waals surface area contributed by atoms with Crippen molar-refractivity contribution in [2.24, 2.45) is 0 Å². The molecule has 0 aliphatic rings. The maximum atomic E-state index is 12.1. The lowest BCUT2D eigenvalue weighted by Crippen LogP contribution is -2.21. The van der Waals surface area contributed by atoms with Gasteiger partial charge in [-0.2, -0.15) is 0 Å². The van der Waals surface area contributed by atoms with Crippen molar-refractivity contribution in [2.75, 3.05) is 0 Å². The molecular formula is C30H54O4. The zero-order chi connectivity index (χ0) is 25.1. The van der Waals surface area contributed by atoms with Gasteiger partial charge in [0.05, 0.1) is 6.42 Å². The summed E-state index contributed by atoms with van der Waals surface area (Å²) >= 11 is 0. The molecule has 0 saturated heterocycles. The van der Waals surface area contributed by atoms with Gasteiger partial charge in [-0.1, -0.05) is 109 Å². The van der Waals surface area contributed by atoms with Crippen LogP contribution in [0.15, 0.2) is 24.3 Å². The van der Waals surface area contributed by atoms with Gasteiger partial charge in [0.1, 0.15) is 6.10 Å². The molecule has 0 radical (unpaired) electrons. The van der Waals surface area contributed by atoms with Crippen LogP contribution >= 0.6 is 0 Å². The van der Waals surface area contributed by atoms with Gasteiger partial charge < -0.3 is 9.84 Å². The molecule has 1 unspecified atom stereocenters. The van der Waals surface area contributed by atoms with Crippen LogP contribution in [0.3, 0.4) is 0 Å². The van der Waals surface area contributed by atoms with E-state index in [1.54, 1.807) is 0 Å². The fraction of sp³-hybridized carbons (Fsp3) is 0.800. The standard InChI is InChI=1S/C30H54O4/c1-3-5-7-9-11-12-13-14-15-16-17-18-20-22-24-26-30(33)34-28(27-29(31)32)25-23-21-19-10-8-6-4-2/h11-12,14-15,28H,3-10,13,16-27H2,1-2H3,(H,31,32)/b12-11-,15-14-. The van der Waals surface area contributed by atoms with Crippen LogP contribution in [0.2, 0.25) is 0 Å². The predicted molar refractivity (Wildman–Crippen MR) is 144 cm³/mol. The maximum absolute atomic E-state index is 12.1. The number of rotatable bonds is 25. The first-order valence-electron chi connectivity index (χ1n) is 14.3. The second-order valence-corrected chi connectivity index (χ2v) is 9.60. The van der Waals surface area contributed by atoms with Gasteiger partial charge in [-0.25, -0.2) is 0 Å². The molecule has 0 saturated carbocycles. The van der Waals surface area contributed by atoms with Crippen LogP contribution < -0.4 is 0 Å². The number of hydrogen-bond donors (Lipinski definition) is 1. The summed E-state index contributed by atoms with van der Waals surface area (Å²) in [6, 6.07) is 0. The van der Waals surface area contributed by atoms with Gasteiger partial charge in [-0.05, 0) is 51.4 Å². The van der Waals surface area contributed by atoms with E-state index in [2.05, 4.69) is 38.2 Å². The first-order chi connectivity index (χ1) is 16.6. The lowest BCUT2D eigenvalue weighted by molar-refractivity contribution is -0.153. The molecular weight excluding hydrogens is 424 g/mol. The Balaban J connectivity index is 3.73. The molecule has 1 atom stereocenters. The van der Waals surface area contributed by atoms with E-state index < -0.39 is 12.1 Å². The Hall–Kier alpha value is -1.58. The molecule has 0 amide bonds. The maximum Gasteiger partial charge on any atom is 0.307 e. The molecule has 4 heteroatoms. The highest BCUT2D eigenvalue weighted by Gasteiger charge is 2.17. The first-order valence-corrected chi connectivity index (χ1v) is 14.3. The summed E-state index contributed by atoms with van der Waals surface area (Å²) in [6.45, 7) is 4.44. The number of unbranched alkanes of at least 4 members (excludes halogenated alkanes) is 14. The van der Waals surface area contributed by atoms with E-state index in [9.17, 15) is 9.59 Å². The van der Waals surface area contributed by atoms with Crippen LogP contribution in [-0.2, 0) is 14.3 Å². The molecule has 0 spiro atoms. The summed E-state index contributed by atoms with van der Waals surface area (Å²) in [4.78, 5) is 23.3. The Kier molecular flexibility index (Phi) is 24.8. The number of carboxylic acids is 1. The number of carboxylic acid groups (broad SMARTS) is 1. The number of ether oxygens (including phenoxy) is 1. The third-order valence-corrected chi connectivity index (χ3v) is 6.16. The minimum Gasteiger partial charge on any atom is -0.481 e. The largest absolute Gasteiger partial charge is 0.481 e. The molecule has 4 nitrogen and oxygen atoms in total. The van der Waals surface area contributed by atoms with Crippen LogP contribution in [0, 0.1) is 0 Å². The Morgan fingerprint density at radius 1 is 0.676 bits per heavy atom. The highest BCUT2D eigenvalue weighted by molar-refractivity contribution is 5.71. The van der Waals surface area contributed by atoms with Crippen molar-refractivity contribution in [1.82, 2.24) is 0 Å². The van der Waals surface area contributed by atoms with Gasteiger partial charge in [-0.15, -0.1) is 0 Å². The SMILES string of the molecule is CCCCC/C=C\C/C=C\CCCCCCCC(=O)OC(CCCCCCCCC)CC(=O)O. The summed E-state index contributed by atoms with van der Waals surface area (Å²) in [5, 5.41) is 9.11. The molecule has 0 aromatic rings. The number of carbonyl (C=O) groups excluding carboxylic acids is 1. The Bertz CT molecular complexity index is 524. The Labute approximate surface area is 210 Å². The molecule has 0 aliphatic heterocycles. The summed E-state index contributed by atoms with van der Waals surface area (Å²) in [7, 11) is 0. The number of esters is 1. The fourth-order valence-electron chi connectivity index (χ4n) is 4.05. The molecule has 1 N–H and O–H groups in total. The lowest BCUT2D eigenvalue weighted by atomic mass is 10.0. The summed E-state index contributed by atoms with van der Waals surface area (Å²) in [5.41, 5.74) is 0. The van der Waals surface area contributed by atoms with E-state index in [1.165, 1.54) is 70.6 Å². The summed E-state index contributed by atoms with van der Waals surface area (Å²) in [6.07, 6.45) is 30.5. The molecule has 0 aromatic carbocycles. The van der Waals surface area contributed by atoms with Gasteiger partial charge in [0.25, 0.3) is 0 Å². The minimum atomic E-state index is -0.891. The molecule has 0 bridgehead atoms. The van der Waals surface area contributed by atoms with Crippen molar-refractivity contribution < 1.29 is 19.4 Å². The van der Waals surface area contributed by atoms with Crippen LogP contribution in [0.4, 0.5) is 0 Å². The minimum absolute atomic E-state index is 0.0796. The average Bonchev–Trinajstić information content (AvgIpc) is 2.80. The van der Waals surface area contributed by atoms with Crippen LogP contribution in [-0.4, -0.2) is 23.1 Å². The van der Waals surface area contributed by atoms with Gasteiger partial charge >= 0.3 is 11.9 Å². The Morgan fingerprint density at radius 3 is 1.79 bits per heavy atom. The quantitative estimate of drug-likeness (QED) is 0.0806. The predicted octanol–water partition coefficient (Wildman–Crippen LogP) is 9.33. The molecule has 34 heavy (non-hydrogen) atoms. The van der Waals surface area contributed by atoms with E-state index in [0.717, 1.165) is 44.9 Å². The number of allylic oxidation sites excluding steroid dienone is 4. The van der Waals surface area contributed by atoms with Crippen LogP contribution in [0.25, 0.3) is 0 Å². The van der Waals surface area contributed by atoms with Crippen molar-refractivity contribution >= 4 is 11.9 Å². The number of carbonyl (C=O) groups is 2. The van der Waals surface area contributed by atoms with Crippen molar-refractivity contribution in [2.45, 2.75) is 155 Å². The lowest BCUT2D eigenvalue weighted by Gasteiger charge is -2.16. The first kappa shape index (κ1) is 32.4. The number of hydrogen-bond acceptors (Lipinski definition) is 3. The topological polar surface area (TPSA) is 63.6 Å². The zero-order valence-electron chi connectivity index (χ0n) is 22.4. The van der Waals surface area contributed by atoms with Gasteiger partial charge in [0.15, 0.2) is 0 Å². The van der Waals surface area contributed by atoms with E-state index in [1.807, 2.05) is 0 Å². The highest BCUT2D eigenvalue weighted by atomic mass is 16.5. The summed E-state index contributed by atoms with van der Waals surface area (Å²) < 4.78 is 5.49. The van der Waals surface area contributed by atoms with Crippen molar-refractivity contribution in [3.05, 3.63) is 24.3 Å².